The van der Waals surface area contributed by atoms with Crippen LogP contribution in [0.15, 0.2) is 29.2 Å². The van der Waals surface area contributed by atoms with Gasteiger partial charge < -0.3 is 0 Å². The lowest BCUT2D eigenvalue weighted by molar-refractivity contribution is 0.398. The Hall–Kier alpha value is -0.870. The van der Waals surface area contributed by atoms with Crippen molar-refractivity contribution in [1.82, 2.24) is 0 Å². The van der Waals surface area contributed by atoms with Crippen LogP contribution in [-0.4, -0.2) is 15.5 Å². The molecule has 12 heavy (non-hydrogen) atoms. The van der Waals surface area contributed by atoms with Crippen molar-refractivity contribution < 1.29 is 16.7 Å². The summed E-state index contributed by atoms with van der Waals surface area (Å²) in [6.45, 7) is -2.23. The van der Waals surface area contributed by atoms with E-state index < -0.39 is 17.0 Å². The third-order valence-electron chi connectivity index (χ3n) is 1.36. The molecule has 0 fully saturated rings. The summed E-state index contributed by atoms with van der Waals surface area (Å²) in [6, 6.07) is 4.92. The van der Waals surface area contributed by atoms with Crippen LogP contribution in [-0.2, 0) is 14.3 Å². The van der Waals surface area contributed by atoms with E-state index in [0.717, 1.165) is 7.11 Å². The van der Waals surface area contributed by atoms with Gasteiger partial charge in [-0.1, -0.05) is 17.7 Å². The normalized spacial score (nSPS) is 16.2. The highest BCUT2D eigenvalue weighted by atomic mass is 32.2. The molecule has 0 aliphatic heterocycles. The Balaban J connectivity index is 3.12. The van der Waals surface area contributed by atoms with Gasteiger partial charge in [0.05, 0.1) is 12.0 Å². The molecule has 1 aromatic carbocycles. The summed E-state index contributed by atoms with van der Waals surface area (Å²) in [4.78, 5) is -0.0574. The average Bonchev–Trinajstić information content (AvgIpc) is 2.17. The van der Waals surface area contributed by atoms with Crippen molar-refractivity contribution in [1.29, 1.82) is 0 Å². The van der Waals surface area contributed by atoms with Gasteiger partial charge in [0.2, 0.25) is 0 Å². The Morgan fingerprint density at radius 1 is 1.33 bits per heavy atom. The van der Waals surface area contributed by atoms with Crippen LogP contribution in [0, 0.1) is 6.85 Å². The van der Waals surface area contributed by atoms with Gasteiger partial charge in [-0.15, -0.1) is 0 Å². The second-order valence-corrected chi connectivity index (χ2v) is 3.86. The molecule has 66 valence electrons. The third kappa shape index (κ3) is 1.84. The first kappa shape index (κ1) is 5.72. The van der Waals surface area contributed by atoms with Crippen molar-refractivity contribution in [2.75, 3.05) is 7.11 Å². The lowest BCUT2D eigenvalue weighted by Crippen LogP contribution is -2.02. The minimum absolute atomic E-state index is 0.0574. The number of hydrogen-bond acceptors (Lipinski definition) is 3. The van der Waals surface area contributed by atoms with Crippen molar-refractivity contribution in [3.8, 4) is 0 Å². The molecule has 0 atom stereocenters. The SMILES string of the molecule is [2H]C([2H])([2H])c1ccc(S(=O)(=O)OC)cc1. The van der Waals surface area contributed by atoms with Crippen LogP contribution >= 0.6 is 0 Å². The van der Waals surface area contributed by atoms with Crippen LogP contribution in [0.1, 0.15) is 9.68 Å². The van der Waals surface area contributed by atoms with Crippen LogP contribution in [0.5, 0.6) is 0 Å². The summed E-state index contributed by atoms with van der Waals surface area (Å²) in [6.07, 6.45) is 0. The zero-order chi connectivity index (χ0) is 11.7. The molecular weight excluding hydrogens is 176 g/mol. The minimum atomic E-state index is -3.74. The van der Waals surface area contributed by atoms with Crippen molar-refractivity contribution in [2.45, 2.75) is 11.7 Å². The minimum Gasteiger partial charge on any atom is -0.270 e. The monoisotopic (exact) mass is 189 g/mol. The first-order chi connectivity index (χ1) is 6.77. The summed E-state index contributed by atoms with van der Waals surface area (Å²) < 4.78 is 48.0. The Kier molecular flexibility index (Phi) is 1.55. The van der Waals surface area contributed by atoms with Crippen molar-refractivity contribution >= 4 is 10.1 Å². The molecule has 3 nitrogen and oxygen atoms in total. The molecule has 0 bridgehead atoms. The molecule has 1 rings (SSSR count). The molecule has 0 spiro atoms. The number of hydrogen-bond donors (Lipinski definition) is 0. The maximum atomic E-state index is 11.2. The fourth-order valence-corrected chi connectivity index (χ4v) is 1.38. The summed E-state index contributed by atoms with van der Waals surface area (Å²) in [5.41, 5.74) is 0.0950. The molecule has 0 saturated heterocycles. The fourth-order valence-electron chi connectivity index (χ4n) is 0.718. The van der Waals surface area contributed by atoms with E-state index in [0.29, 0.717) is 0 Å². The van der Waals surface area contributed by atoms with E-state index in [-0.39, 0.29) is 10.5 Å². The van der Waals surface area contributed by atoms with Gasteiger partial charge in [0, 0.05) is 4.11 Å². The predicted molar refractivity (Wildman–Crippen MR) is 45.4 cm³/mol. The summed E-state index contributed by atoms with van der Waals surface area (Å²) in [5.74, 6) is 0. The van der Waals surface area contributed by atoms with Crippen molar-refractivity contribution in [3.05, 3.63) is 29.8 Å². The van der Waals surface area contributed by atoms with Crippen molar-refractivity contribution in [2.24, 2.45) is 0 Å². The standard InChI is InChI=1S/C8H10O3S/c1-7-3-5-8(6-4-7)12(9,10)11-2/h3-6H,1-2H3/i1D3. The van der Waals surface area contributed by atoms with Gasteiger partial charge in [-0.2, -0.15) is 8.42 Å². The Bertz CT molecular complexity index is 433. The molecule has 0 unspecified atom stereocenters. The Morgan fingerprint density at radius 2 is 1.92 bits per heavy atom. The van der Waals surface area contributed by atoms with E-state index in [1.165, 1.54) is 24.3 Å². The smallest absolute Gasteiger partial charge is 0.270 e. The number of benzene rings is 1. The third-order valence-corrected chi connectivity index (χ3v) is 2.65. The Labute approximate surface area is 76.3 Å². The maximum absolute atomic E-state index is 11.2. The topological polar surface area (TPSA) is 43.4 Å². The van der Waals surface area contributed by atoms with Crippen LogP contribution in [0.2, 0.25) is 0 Å². The quantitative estimate of drug-likeness (QED) is 0.659. The van der Waals surface area contributed by atoms with Gasteiger partial charge in [-0.3, -0.25) is 4.18 Å². The zero-order valence-corrected chi connectivity index (χ0v) is 7.26. The highest BCUT2D eigenvalue weighted by Crippen LogP contribution is 2.11. The molecule has 0 amide bonds. The van der Waals surface area contributed by atoms with Crippen LogP contribution < -0.4 is 0 Å². The number of rotatable bonds is 2. The largest absolute Gasteiger partial charge is 0.296 e. The van der Waals surface area contributed by atoms with Gasteiger partial charge in [-0.25, -0.2) is 0 Å². The second-order valence-electron chi connectivity index (χ2n) is 2.15. The Morgan fingerprint density at radius 3 is 2.33 bits per heavy atom. The first-order valence-corrected chi connectivity index (χ1v) is 4.59. The molecule has 0 saturated carbocycles. The van der Waals surface area contributed by atoms with E-state index in [4.69, 9.17) is 4.11 Å². The molecule has 0 heterocycles. The summed E-state index contributed by atoms with van der Waals surface area (Å²) in [5, 5.41) is 0. The second kappa shape index (κ2) is 3.25. The van der Waals surface area contributed by atoms with Gasteiger partial charge >= 0.3 is 0 Å². The average molecular weight is 189 g/mol. The molecule has 0 aliphatic rings. The fraction of sp³-hybridized carbons (Fsp3) is 0.250. The first-order valence-electron chi connectivity index (χ1n) is 4.68. The van der Waals surface area contributed by atoms with Crippen LogP contribution in [0.4, 0.5) is 0 Å². The highest BCUT2D eigenvalue weighted by Gasteiger charge is 2.10. The van der Waals surface area contributed by atoms with Crippen molar-refractivity contribution in [3.63, 3.8) is 0 Å². The van der Waals surface area contributed by atoms with E-state index in [2.05, 4.69) is 4.18 Å². The van der Waals surface area contributed by atoms with Gasteiger partial charge in [-0.05, 0) is 19.0 Å². The summed E-state index contributed by atoms with van der Waals surface area (Å²) in [7, 11) is -2.70. The molecule has 0 aromatic heterocycles. The van der Waals surface area contributed by atoms with Gasteiger partial charge in [0.15, 0.2) is 0 Å². The maximum Gasteiger partial charge on any atom is 0.296 e. The highest BCUT2D eigenvalue weighted by molar-refractivity contribution is 7.86. The van der Waals surface area contributed by atoms with Crippen LogP contribution in [0.25, 0.3) is 0 Å². The van der Waals surface area contributed by atoms with E-state index in [1.54, 1.807) is 0 Å². The van der Waals surface area contributed by atoms with Gasteiger partial charge in [0.25, 0.3) is 10.1 Å². The molecule has 0 radical (unpaired) electrons. The van der Waals surface area contributed by atoms with Crippen LogP contribution in [0.3, 0.4) is 0 Å². The molecule has 1 aromatic rings. The predicted octanol–water partition coefficient (Wildman–Crippen LogP) is 1.33. The lowest BCUT2D eigenvalue weighted by Gasteiger charge is -2.00. The molecule has 0 aliphatic carbocycles. The summed E-state index contributed by atoms with van der Waals surface area (Å²) >= 11 is 0. The molecular formula is C8H10O3S. The molecule has 0 N–H and O–H groups in total. The lowest BCUT2D eigenvalue weighted by atomic mass is 10.2. The number of aryl methyl sites for hydroxylation is 1. The molecule has 4 heteroatoms. The van der Waals surface area contributed by atoms with E-state index in [9.17, 15) is 8.42 Å². The zero-order valence-electron chi connectivity index (χ0n) is 9.44. The van der Waals surface area contributed by atoms with Gasteiger partial charge in [0.1, 0.15) is 0 Å². The van der Waals surface area contributed by atoms with E-state index in [1.807, 2.05) is 0 Å². The van der Waals surface area contributed by atoms with E-state index >= 15 is 0 Å².